The number of allylic oxidation sites excluding steroid dienone is 3. The lowest BCUT2D eigenvalue weighted by atomic mass is 10.3. The minimum atomic E-state index is -0.777. The molecule has 0 bridgehead atoms. The van der Waals surface area contributed by atoms with Crippen LogP contribution in [-0.4, -0.2) is 11.1 Å². The normalized spacial score (nSPS) is 11.4. The van der Waals surface area contributed by atoms with Crippen LogP contribution in [0.15, 0.2) is 24.3 Å². The maximum absolute atomic E-state index is 10.0. The summed E-state index contributed by atoms with van der Waals surface area (Å²) >= 11 is 0. The Morgan fingerprint density at radius 1 is 1.27 bits per heavy atom. The van der Waals surface area contributed by atoms with E-state index in [9.17, 15) is 4.79 Å². The van der Waals surface area contributed by atoms with Crippen molar-refractivity contribution in [2.24, 2.45) is 0 Å². The second kappa shape index (κ2) is 7.06. The van der Waals surface area contributed by atoms with E-state index in [2.05, 4.69) is 13.0 Å². The molecule has 0 aliphatic carbocycles. The summed E-state index contributed by atoms with van der Waals surface area (Å²) in [6.07, 6.45) is 9.61. The highest BCUT2D eigenvalue weighted by Crippen LogP contribution is 1.90. The number of hydrogen-bond donors (Lipinski definition) is 1. The third-order valence-electron chi connectivity index (χ3n) is 1.13. The number of hydrogen-bond acceptors (Lipinski definition) is 1. The van der Waals surface area contributed by atoms with Gasteiger partial charge in [-0.2, -0.15) is 0 Å². The van der Waals surface area contributed by atoms with Gasteiger partial charge in [0.15, 0.2) is 0 Å². The number of carboxylic acid groups (broad SMARTS) is 1. The zero-order valence-electron chi connectivity index (χ0n) is 6.79. The first-order valence-electron chi connectivity index (χ1n) is 3.79. The first-order chi connectivity index (χ1) is 5.27. The van der Waals surface area contributed by atoms with Crippen LogP contribution in [0.4, 0.5) is 0 Å². The third kappa shape index (κ3) is 8.95. The molecule has 0 spiro atoms. The zero-order valence-corrected chi connectivity index (χ0v) is 6.79. The second-order valence-electron chi connectivity index (χ2n) is 2.18. The van der Waals surface area contributed by atoms with Gasteiger partial charge >= 0.3 is 5.97 Å². The number of carboxylic acids is 1. The third-order valence-corrected chi connectivity index (χ3v) is 1.13. The van der Waals surface area contributed by atoms with Crippen molar-refractivity contribution in [3.8, 4) is 0 Å². The Balaban J connectivity index is 3.30. The van der Waals surface area contributed by atoms with Gasteiger partial charge in [0.05, 0.1) is 6.42 Å². The molecule has 0 aromatic carbocycles. The average molecular weight is 154 g/mol. The topological polar surface area (TPSA) is 37.3 Å². The van der Waals surface area contributed by atoms with Gasteiger partial charge in [-0.3, -0.25) is 4.79 Å². The minimum absolute atomic E-state index is 0.125. The smallest absolute Gasteiger partial charge is 0.307 e. The molecule has 0 aromatic rings. The van der Waals surface area contributed by atoms with Crippen LogP contribution in [0, 0.1) is 0 Å². The molecule has 0 amide bonds. The summed E-state index contributed by atoms with van der Waals surface area (Å²) in [5, 5.41) is 8.25. The van der Waals surface area contributed by atoms with Gasteiger partial charge in [0.2, 0.25) is 0 Å². The van der Waals surface area contributed by atoms with E-state index in [1.54, 1.807) is 6.08 Å². The summed E-state index contributed by atoms with van der Waals surface area (Å²) in [5.41, 5.74) is 0. The van der Waals surface area contributed by atoms with Crippen molar-refractivity contribution in [2.45, 2.75) is 26.2 Å². The van der Waals surface area contributed by atoms with E-state index in [0.717, 1.165) is 12.8 Å². The first-order valence-corrected chi connectivity index (χ1v) is 3.79. The molecule has 0 heterocycles. The number of aliphatic carboxylic acids is 1. The molecule has 0 aromatic heterocycles. The van der Waals surface area contributed by atoms with E-state index < -0.39 is 5.97 Å². The Labute approximate surface area is 67.2 Å². The van der Waals surface area contributed by atoms with Crippen molar-refractivity contribution < 1.29 is 9.90 Å². The molecule has 0 unspecified atom stereocenters. The van der Waals surface area contributed by atoms with E-state index in [0.29, 0.717) is 0 Å². The molecule has 2 heteroatoms. The van der Waals surface area contributed by atoms with Crippen molar-refractivity contribution >= 4 is 5.97 Å². The fourth-order valence-electron chi connectivity index (χ4n) is 0.622. The average Bonchev–Trinajstić information content (AvgIpc) is 1.96. The first kappa shape index (κ1) is 9.95. The molecular formula is C9H14O2. The molecule has 0 atom stereocenters. The molecule has 11 heavy (non-hydrogen) atoms. The summed E-state index contributed by atoms with van der Waals surface area (Å²) in [5.74, 6) is -0.777. The van der Waals surface area contributed by atoms with Gasteiger partial charge < -0.3 is 5.11 Å². The molecule has 1 N–H and O–H groups in total. The van der Waals surface area contributed by atoms with Crippen LogP contribution in [0.5, 0.6) is 0 Å². The van der Waals surface area contributed by atoms with Crippen LogP contribution in [-0.2, 0) is 4.79 Å². The van der Waals surface area contributed by atoms with Crippen molar-refractivity contribution in [1.82, 2.24) is 0 Å². The summed E-state index contributed by atoms with van der Waals surface area (Å²) in [4.78, 5) is 10.0. The lowest BCUT2D eigenvalue weighted by Crippen LogP contribution is -1.89. The Bertz CT molecular complexity index is 157. The van der Waals surface area contributed by atoms with E-state index >= 15 is 0 Å². The fraction of sp³-hybridized carbons (Fsp3) is 0.444. The monoisotopic (exact) mass is 154 g/mol. The summed E-state index contributed by atoms with van der Waals surface area (Å²) in [6, 6.07) is 0. The van der Waals surface area contributed by atoms with Gasteiger partial charge in [-0.05, 0) is 12.8 Å². The van der Waals surface area contributed by atoms with Crippen molar-refractivity contribution in [3.05, 3.63) is 24.3 Å². The molecule has 0 rings (SSSR count). The van der Waals surface area contributed by atoms with Gasteiger partial charge in [-0.1, -0.05) is 31.2 Å². The van der Waals surface area contributed by atoms with Crippen LogP contribution in [0.2, 0.25) is 0 Å². The van der Waals surface area contributed by atoms with E-state index in [4.69, 9.17) is 5.11 Å². The van der Waals surface area contributed by atoms with Crippen LogP contribution >= 0.6 is 0 Å². The highest BCUT2D eigenvalue weighted by molar-refractivity contribution is 5.68. The lowest BCUT2D eigenvalue weighted by molar-refractivity contribution is -0.136. The largest absolute Gasteiger partial charge is 0.481 e. The van der Waals surface area contributed by atoms with Crippen LogP contribution in [0.3, 0.4) is 0 Å². The van der Waals surface area contributed by atoms with Crippen LogP contribution in [0.25, 0.3) is 0 Å². The van der Waals surface area contributed by atoms with E-state index in [-0.39, 0.29) is 6.42 Å². The molecular weight excluding hydrogens is 140 g/mol. The van der Waals surface area contributed by atoms with Crippen molar-refractivity contribution in [2.75, 3.05) is 0 Å². The molecule has 0 saturated heterocycles. The Morgan fingerprint density at radius 3 is 2.45 bits per heavy atom. The van der Waals surface area contributed by atoms with E-state index in [1.807, 2.05) is 12.2 Å². The SMILES string of the molecule is CCC=CCC=CCC(=O)O. The number of rotatable bonds is 5. The Morgan fingerprint density at radius 2 is 1.91 bits per heavy atom. The number of carbonyl (C=O) groups is 1. The summed E-state index contributed by atoms with van der Waals surface area (Å²) in [7, 11) is 0. The maximum atomic E-state index is 10.0. The van der Waals surface area contributed by atoms with Crippen molar-refractivity contribution in [3.63, 3.8) is 0 Å². The lowest BCUT2D eigenvalue weighted by Gasteiger charge is -1.82. The van der Waals surface area contributed by atoms with E-state index in [1.165, 1.54) is 0 Å². The highest BCUT2D eigenvalue weighted by atomic mass is 16.4. The molecule has 0 radical (unpaired) electrons. The molecule has 0 fully saturated rings. The second-order valence-corrected chi connectivity index (χ2v) is 2.18. The predicted octanol–water partition coefficient (Wildman–Crippen LogP) is 2.37. The highest BCUT2D eigenvalue weighted by Gasteiger charge is 1.86. The molecule has 0 aliphatic rings. The van der Waals surface area contributed by atoms with Gasteiger partial charge in [-0.25, -0.2) is 0 Å². The summed E-state index contributed by atoms with van der Waals surface area (Å²) in [6.45, 7) is 2.07. The fourth-order valence-corrected chi connectivity index (χ4v) is 0.622. The molecule has 62 valence electrons. The summed E-state index contributed by atoms with van der Waals surface area (Å²) < 4.78 is 0. The Hall–Kier alpha value is -1.05. The predicted molar refractivity (Wildman–Crippen MR) is 45.4 cm³/mol. The standard InChI is InChI=1S/C9H14O2/c1-2-3-4-5-6-7-8-9(10)11/h3-4,6-7H,2,5,8H2,1H3,(H,10,11). The van der Waals surface area contributed by atoms with Gasteiger partial charge in [-0.15, -0.1) is 0 Å². The van der Waals surface area contributed by atoms with Crippen LogP contribution < -0.4 is 0 Å². The van der Waals surface area contributed by atoms with Gasteiger partial charge in [0.1, 0.15) is 0 Å². The molecule has 0 saturated carbocycles. The van der Waals surface area contributed by atoms with Crippen molar-refractivity contribution in [1.29, 1.82) is 0 Å². The minimum Gasteiger partial charge on any atom is -0.481 e. The maximum Gasteiger partial charge on any atom is 0.307 e. The molecule has 2 nitrogen and oxygen atoms in total. The van der Waals surface area contributed by atoms with Crippen LogP contribution in [0.1, 0.15) is 26.2 Å². The Kier molecular flexibility index (Phi) is 6.39. The van der Waals surface area contributed by atoms with Gasteiger partial charge in [0.25, 0.3) is 0 Å². The quantitative estimate of drug-likeness (QED) is 0.617. The van der Waals surface area contributed by atoms with Gasteiger partial charge in [0, 0.05) is 0 Å². The zero-order chi connectivity index (χ0) is 8.53. The molecule has 0 aliphatic heterocycles.